The van der Waals surface area contributed by atoms with E-state index in [1.807, 2.05) is 43.0 Å². The lowest BCUT2D eigenvalue weighted by atomic mass is 9.98. The Morgan fingerprint density at radius 3 is 2.50 bits per heavy atom. The normalized spacial score (nSPS) is 20.8. The zero-order valence-electron chi connectivity index (χ0n) is 21.0. The van der Waals surface area contributed by atoms with Crippen molar-refractivity contribution in [1.82, 2.24) is 30.2 Å². The average Bonchev–Trinajstić information content (AvgIpc) is 3.61. The number of benzene rings is 1. The predicted octanol–water partition coefficient (Wildman–Crippen LogP) is 2.90. The lowest BCUT2D eigenvalue weighted by Gasteiger charge is -2.36. The van der Waals surface area contributed by atoms with Gasteiger partial charge in [0.1, 0.15) is 5.54 Å². The summed E-state index contributed by atoms with van der Waals surface area (Å²) in [5.74, 6) is 1.09. The summed E-state index contributed by atoms with van der Waals surface area (Å²) in [7, 11) is 0. The molecule has 10 nitrogen and oxygen atoms in total. The van der Waals surface area contributed by atoms with Crippen LogP contribution < -0.4 is 5.32 Å². The Hall–Kier alpha value is -3.27. The SMILES string of the molecule is Cc1ccc(-c2noc(C(C)N3CCN(C(=O)CCCN4C(=O)NC5(CCCC5)C4=O)CC3)n2)cc1. The van der Waals surface area contributed by atoms with Crippen LogP contribution >= 0.6 is 0 Å². The monoisotopic (exact) mass is 494 g/mol. The minimum atomic E-state index is -0.687. The molecule has 1 N–H and O–H groups in total. The van der Waals surface area contributed by atoms with Crippen LogP contribution in [0.4, 0.5) is 4.79 Å². The van der Waals surface area contributed by atoms with Gasteiger partial charge in [0.05, 0.1) is 6.04 Å². The number of aryl methyl sites for hydroxylation is 1. The first kappa shape index (κ1) is 24.4. The van der Waals surface area contributed by atoms with E-state index in [9.17, 15) is 14.4 Å². The summed E-state index contributed by atoms with van der Waals surface area (Å²) in [6.07, 6.45) is 4.16. The molecule has 192 valence electrons. The summed E-state index contributed by atoms with van der Waals surface area (Å²) in [5, 5.41) is 7.03. The fraction of sp³-hybridized carbons (Fsp3) is 0.577. The maximum absolute atomic E-state index is 12.8. The minimum absolute atomic E-state index is 0.0449. The Morgan fingerprint density at radius 1 is 1.11 bits per heavy atom. The first-order valence-electron chi connectivity index (χ1n) is 12.9. The highest BCUT2D eigenvalue weighted by atomic mass is 16.5. The van der Waals surface area contributed by atoms with Crippen molar-refractivity contribution in [3.8, 4) is 11.4 Å². The number of nitrogens with one attached hydrogen (secondary N) is 1. The van der Waals surface area contributed by atoms with Crippen LogP contribution in [0, 0.1) is 6.92 Å². The molecule has 2 aromatic rings. The van der Waals surface area contributed by atoms with Gasteiger partial charge in [0.15, 0.2) is 0 Å². The van der Waals surface area contributed by atoms with Crippen LogP contribution in [-0.2, 0) is 9.59 Å². The first-order chi connectivity index (χ1) is 17.4. The number of urea groups is 1. The van der Waals surface area contributed by atoms with Crippen LogP contribution in [-0.4, -0.2) is 80.9 Å². The Morgan fingerprint density at radius 2 is 1.81 bits per heavy atom. The molecular weight excluding hydrogens is 460 g/mol. The van der Waals surface area contributed by atoms with E-state index in [1.165, 1.54) is 10.5 Å². The van der Waals surface area contributed by atoms with Gasteiger partial charge in [0.2, 0.25) is 17.6 Å². The number of amides is 4. The average molecular weight is 495 g/mol. The fourth-order valence-corrected chi connectivity index (χ4v) is 5.48. The highest BCUT2D eigenvalue weighted by Crippen LogP contribution is 2.35. The molecule has 5 rings (SSSR count). The minimum Gasteiger partial charge on any atom is -0.340 e. The van der Waals surface area contributed by atoms with Crippen molar-refractivity contribution < 1.29 is 18.9 Å². The molecule has 0 bridgehead atoms. The van der Waals surface area contributed by atoms with Crippen LogP contribution in [0.5, 0.6) is 0 Å². The van der Waals surface area contributed by atoms with E-state index >= 15 is 0 Å². The second kappa shape index (κ2) is 10.0. The van der Waals surface area contributed by atoms with Crippen molar-refractivity contribution in [2.45, 2.75) is 64.0 Å². The smallest absolute Gasteiger partial charge is 0.325 e. The molecule has 36 heavy (non-hydrogen) atoms. The van der Waals surface area contributed by atoms with Gasteiger partial charge in [0.25, 0.3) is 5.91 Å². The summed E-state index contributed by atoms with van der Waals surface area (Å²) in [4.78, 5) is 47.8. The maximum Gasteiger partial charge on any atom is 0.325 e. The molecule has 1 unspecified atom stereocenters. The predicted molar refractivity (Wildman–Crippen MR) is 132 cm³/mol. The maximum atomic E-state index is 12.8. The van der Waals surface area contributed by atoms with Gasteiger partial charge < -0.3 is 14.7 Å². The van der Waals surface area contributed by atoms with E-state index in [-0.39, 0.29) is 30.4 Å². The second-order valence-electron chi connectivity index (χ2n) is 10.2. The van der Waals surface area contributed by atoms with Crippen LogP contribution in [0.2, 0.25) is 0 Å². The molecule has 3 heterocycles. The third-order valence-electron chi connectivity index (χ3n) is 7.80. The van der Waals surface area contributed by atoms with E-state index in [4.69, 9.17) is 4.52 Å². The summed E-state index contributed by atoms with van der Waals surface area (Å²) >= 11 is 0. The molecule has 1 aromatic heterocycles. The van der Waals surface area contributed by atoms with Crippen molar-refractivity contribution in [2.75, 3.05) is 32.7 Å². The quantitative estimate of drug-likeness (QED) is 0.589. The van der Waals surface area contributed by atoms with E-state index in [0.29, 0.717) is 63.6 Å². The zero-order valence-corrected chi connectivity index (χ0v) is 21.0. The first-order valence-corrected chi connectivity index (χ1v) is 12.9. The molecule has 1 aliphatic carbocycles. The van der Waals surface area contributed by atoms with Crippen molar-refractivity contribution >= 4 is 17.8 Å². The lowest BCUT2D eigenvalue weighted by molar-refractivity contribution is -0.134. The molecule has 4 amide bonds. The van der Waals surface area contributed by atoms with Gasteiger partial charge in [-0.05, 0) is 33.1 Å². The Kier molecular flexibility index (Phi) is 6.79. The fourth-order valence-electron chi connectivity index (χ4n) is 5.48. The molecule has 10 heteroatoms. The second-order valence-corrected chi connectivity index (χ2v) is 10.2. The molecule has 1 saturated carbocycles. The zero-order chi connectivity index (χ0) is 25.3. The van der Waals surface area contributed by atoms with E-state index < -0.39 is 5.54 Å². The number of hydrogen-bond acceptors (Lipinski definition) is 7. The highest BCUT2D eigenvalue weighted by Gasteiger charge is 2.52. The Bertz CT molecular complexity index is 1120. The van der Waals surface area contributed by atoms with Crippen molar-refractivity contribution in [3.63, 3.8) is 0 Å². The van der Waals surface area contributed by atoms with Crippen LogP contribution in [0.15, 0.2) is 28.8 Å². The summed E-state index contributed by atoms with van der Waals surface area (Å²) in [6.45, 7) is 7.03. The molecular formula is C26H34N6O4. The highest BCUT2D eigenvalue weighted by molar-refractivity contribution is 6.07. The van der Waals surface area contributed by atoms with Gasteiger partial charge in [-0.3, -0.25) is 19.4 Å². The van der Waals surface area contributed by atoms with E-state index in [1.54, 1.807) is 0 Å². The molecule has 1 aromatic carbocycles. The summed E-state index contributed by atoms with van der Waals surface area (Å²) in [6, 6.07) is 7.65. The molecule has 3 aliphatic rings. The summed E-state index contributed by atoms with van der Waals surface area (Å²) < 4.78 is 5.54. The molecule has 1 spiro atoms. The largest absolute Gasteiger partial charge is 0.340 e. The third kappa shape index (κ3) is 4.74. The number of carbonyl (C=O) groups is 3. The van der Waals surface area contributed by atoms with Crippen molar-refractivity contribution in [2.24, 2.45) is 0 Å². The van der Waals surface area contributed by atoms with Gasteiger partial charge in [-0.2, -0.15) is 4.98 Å². The summed E-state index contributed by atoms with van der Waals surface area (Å²) in [5.41, 5.74) is 1.41. The standard InChI is InChI=1S/C26H34N6O4/c1-18-7-9-20(10-8-18)22-27-23(36-29-22)19(2)30-14-16-31(17-15-30)21(33)6-5-13-32-24(34)26(28-25(32)35)11-3-4-12-26/h7-10,19H,3-6,11-17H2,1-2H3,(H,28,35). The van der Waals surface area contributed by atoms with Gasteiger partial charge >= 0.3 is 6.03 Å². The number of carbonyl (C=O) groups excluding carboxylic acids is 3. The number of rotatable bonds is 7. The molecule has 1 atom stereocenters. The Labute approximate surface area is 211 Å². The van der Waals surface area contributed by atoms with Gasteiger partial charge in [-0.1, -0.05) is 47.8 Å². The van der Waals surface area contributed by atoms with Crippen molar-refractivity contribution in [3.05, 3.63) is 35.7 Å². The number of imide groups is 1. The molecule has 2 saturated heterocycles. The number of piperazine rings is 1. The third-order valence-corrected chi connectivity index (χ3v) is 7.80. The number of nitrogens with zero attached hydrogens (tertiary/aromatic N) is 5. The van der Waals surface area contributed by atoms with Crippen LogP contribution in [0.25, 0.3) is 11.4 Å². The van der Waals surface area contributed by atoms with Crippen LogP contribution in [0.3, 0.4) is 0 Å². The molecule has 3 fully saturated rings. The molecule has 2 aliphatic heterocycles. The van der Waals surface area contributed by atoms with Gasteiger partial charge in [-0.15, -0.1) is 0 Å². The Balaban J connectivity index is 1.08. The number of aromatic nitrogens is 2. The van der Waals surface area contributed by atoms with E-state index in [2.05, 4.69) is 20.4 Å². The van der Waals surface area contributed by atoms with E-state index in [0.717, 1.165) is 18.4 Å². The van der Waals surface area contributed by atoms with Gasteiger partial charge in [0, 0.05) is 44.7 Å². The van der Waals surface area contributed by atoms with Crippen LogP contribution in [0.1, 0.15) is 62.9 Å². The molecule has 0 radical (unpaired) electrons. The lowest BCUT2D eigenvalue weighted by Crippen LogP contribution is -2.49. The van der Waals surface area contributed by atoms with Crippen molar-refractivity contribution in [1.29, 1.82) is 0 Å². The van der Waals surface area contributed by atoms with Gasteiger partial charge in [-0.25, -0.2) is 4.79 Å². The number of hydrogen-bond donors (Lipinski definition) is 1. The topological polar surface area (TPSA) is 112 Å².